The standard InChI is InChI=1S/C22H19F3N2O5/c1-11(2)9-16(27-20(29)12-5-3-4-6-13(12)21(27)30)22(31)32-10-17(28)26-15-8-7-14(23)18(24)19(15)25/h3-8,11,16H,9-10H2,1-2H3,(H,26,28)/t16-/m1/s1. The van der Waals surface area contributed by atoms with Crippen molar-refractivity contribution in [1.29, 1.82) is 0 Å². The minimum Gasteiger partial charge on any atom is -0.454 e. The first-order chi connectivity index (χ1) is 15.1. The molecule has 0 aromatic heterocycles. The Bertz CT molecular complexity index is 1070. The van der Waals surface area contributed by atoms with E-state index in [9.17, 15) is 32.3 Å². The van der Waals surface area contributed by atoms with Crippen molar-refractivity contribution in [2.45, 2.75) is 26.3 Å². The number of nitrogens with one attached hydrogen (secondary N) is 1. The van der Waals surface area contributed by atoms with Crippen LogP contribution in [0.4, 0.5) is 18.9 Å². The molecule has 0 fully saturated rings. The molecule has 32 heavy (non-hydrogen) atoms. The second-order valence-electron chi connectivity index (χ2n) is 7.55. The van der Waals surface area contributed by atoms with Gasteiger partial charge in [0.1, 0.15) is 6.04 Å². The van der Waals surface area contributed by atoms with Gasteiger partial charge in [0.25, 0.3) is 17.7 Å². The van der Waals surface area contributed by atoms with Gasteiger partial charge in [-0.1, -0.05) is 26.0 Å². The lowest BCUT2D eigenvalue weighted by atomic mass is 10.0. The molecule has 0 aliphatic carbocycles. The van der Waals surface area contributed by atoms with E-state index in [-0.39, 0.29) is 23.5 Å². The van der Waals surface area contributed by atoms with Gasteiger partial charge in [0.05, 0.1) is 16.8 Å². The Kier molecular flexibility index (Phi) is 6.61. The van der Waals surface area contributed by atoms with E-state index in [1.165, 1.54) is 12.1 Å². The Hall–Kier alpha value is -3.69. The van der Waals surface area contributed by atoms with E-state index >= 15 is 0 Å². The Morgan fingerprint density at radius 1 is 0.969 bits per heavy atom. The van der Waals surface area contributed by atoms with E-state index in [0.717, 1.165) is 11.0 Å². The molecule has 10 heteroatoms. The fourth-order valence-electron chi connectivity index (χ4n) is 3.29. The van der Waals surface area contributed by atoms with Crippen molar-refractivity contribution in [1.82, 2.24) is 4.90 Å². The van der Waals surface area contributed by atoms with Crippen LogP contribution in [0.25, 0.3) is 0 Å². The van der Waals surface area contributed by atoms with Crippen LogP contribution < -0.4 is 5.32 Å². The summed E-state index contributed by atoms with van der Waals surface area (Å²) in [6.45, 7) is 2.66. The summed E-state index contributed by atoms with van der Waals surface area (Å²) in [6.07, 6.45) is 0.0870. The predicted octanol–water partition coefficient (Wildman–Crippen LogP) is 3.30. The van der Waals surface area contributed by atoms with Crippen LogP contribution in [0.5, 0.6) is 0 Å². The first-order valence-corrected chi connectivity index (χ1v) is 9.68. The van der Waals surface area contributed by atoms with Gasteiger partial charge in [-0.15, -0.1) is 0 Å². The number of rotatable bonds is 7. The lowest BCUT2D eigenvalue weighted by Gasteiger charge is -2.25. The maximum Gasteiger partial charge on any atom is 0.329 e. The van der Waals surface area contributed by atoms with Crippen molar-refractivity contribution in [2.75, 3.05) is 11.9 Å². The maximum atomic E-state index is 13.7. The number of hydrogen-bond acceptors (Lipinski definition) is 5. The summed E-state index contributed by atoms with van der Waals surface area (Å²) in [7, 11) is 0. The molecule has 1 aliphatic rings. The van der Waals surface area contributed by atoms with E-state index in [2.05, 4.69) is 0 Å². The zero-order valence-electron chi connectivity index (χ0n) is 17.2. The smallest absolute Gasteiger partial charge is 0.329 e. The number of ether oxygens (including phenoxy) is 1. The molecule has 7 nitrogen and oxygen atoms in total. The predicted molar refractivity (Wildman–Crippen MR) is 106 cm³/mol. The van der Waals surface area contributed by atoms with Crippen LogP contribution in [0.1, 0.15) is 41.0 Å². The van der Waals surface area contributed by atoms with Crippen LogP contribution in [0.2, 0.25) is 0 Å². The minimum absolute atomic E-state index is 0.0870. The largest absolute Gasteiger partial charge is 0.454 e. The molecule has 0 spiro atoms. The van der Waals surface area contributed by atoms with Crippen molar-refractivity contribution in [2.24, 2.45) is 5.92 Å². The van der Waals surface area contributed by atoms with Crippen LogP contribution in [-0.4, -0.2) is 41.2 Å². The topological polar surface area (TPSA) is 92.8 Å². The van der Waals surface area contributed by atoms with Crippen molar-refractivity contribution in [3.05, 3.63) is 65.0 Å². The molecule has 1 heterocycles. The summed E-state index contributed by atoms with van der Waals surface area (Å²) >= 11 is 0. The molecule has 3 rings (SSSR count). The van der Waals surface area contributed by atoms with Gasteiger partial charge in [0.15, 0.2) is 24.1 Å². The number of anilines is 1. The molecule has 2 aromatic rings. The number of carbonyl (C=O) groups excluding carboxylic acids is 4. The molecule has 1 N–H and O–H groups in total. The van der Waals surface area contributed by atoms with E-state index in [0.29, 0.717) is 6.07 Å². The molecule has 0 radical (unpaired) electrons. The Labute approximate surface area is 181 Å². The Morgan fingerprint density at radius 3 is 2.12 bits per heavy atom. The number of hydrogen-bond donors (Lipinski definition) is 1. The van der Waals surface area contributed by atoms with Crippen molar-refractivity contribution in [3.63, 3.8) is 0 Å². The molecule has 0 unspecified atom stereocenters. The van der Waals surface area contributed by atoms with Crippen molar-refractivity contribution in [3.8, 4) is 0 Å². The SMILES string of the molecule is CC(C)C[C@H](C(=O)OCC(=O)Nc1ccc(F)c(F)c1F)N1C(=O)c2ccccc2C1=O. The molecule has 1 aliphatic heterocycles. The maximum absolute atomic E-state index is 13.7. The Balaban J connectivity index is 1.71. The summed E-state index contributed by atoms with van der Waals surface area (Å²) < 4.78 is 44.9. The highest BCUT2D eigenvalue weighted by Gasteiger charge is 2.43. The highest BCUT2D eigenvalue weighted by atomic mass is 19.2. The monoisotopic (exact) mass is 448 g/mol. The molecule has 0 saturated heterocycles. The van der Waals surface area contributed by atoms with E-state index < -0.39 is 59.5 Å². The third-order valence-electron chi connectivity index (χ3n) is 4.76. The number of esters is 1. The van der Waals surface area contributed by atoms with E-state index in [4.69, 9.17) is 4.74 Å². The van der Waals surface area contributed by atoms with Crippen molar-refractivity contribution >= 4 is 29.4 Å². The molecule has 1 atom stereocenters. The molecule has 0 saturated carbocycles. The number of benzene rings is 2. The second-order valence-corrected chi connectivity index (χ2v) is 7.55. The van der Waals surface area contributed by atoms with Gasteiger partial charge in [0, 0.05) is 0 Å². The fourth-order valence-corrected chi connectivity index (χ4v) is 3.29. The molecular formula is C22H19F3N2O5. The average Bonchev–Trinajstić information content (AvgIpc) is 3.01. The highest BCUT2D eigenvalue weighted by Crippen LogP contribution is 2.27. The third kappa shape index (κ3) is 4.48. The van der Waals surface area contributed by atoms with Crippen LogP contribution in [0.3, 0.4) is 0 Å². The number of nitrogens with zero attached hydrogens (tertiary/aromatic N) is 1. The van der Waals surface area contributed by atoms with Gasteiger partial charge < -0.3 is 10.1 Å². The second kappa shape index (κ2) is 9.21. The molecule has 3 amide bonds. The van der Waals surface area contributed by atoms with Crippen LogP contribution in [0, 0.1) is 23.4 Å². The normalized spacial score (nSPS) is 13.9. The lowest BCUT2D eigenvalue weighted by Crippen LogP contribution is -2.46. The van der Waals surface area contributed by atoms with E-state index in [1.807, 2.05) is 5.32 Å². The van der Waals surface area contributed by atoms with Crippen molar-refractivity contribution < 1.29 is 37.1 Å². The molecule has 168 valence electrons. The number of carbonyl (C=O) groups is 4. The first-order valence-electron chi connectivity index (χ1n) is 9.68. The van der Waals surface area contributed by atoms with Gasteiger partial charge in [-0.05, 0) is 36.6 Å². The molecule has 0 bridgehead atoms. The number of imide groups is 1. The lowest BCUT2D eigenvalue weighted by molar-refractivity contribution is -0.151. The summed E-state index contributed by atoms with van der Waals surface area (Å²) in [4.78, 5) is 51.0. The third-order valence-corrected chi connectivity index (χ3v) is 4.76. The van der Waals surface area contributed by atoms with Crippen LogP contribution in [-0.2, 0) is 14.3 Å². The zero-order chi connectivity index (χ0) is 23.6. The van der Waals surface area contributed by atoms with Crippen LogP contribution in [0.15, 0.2) is 36.4 Å². The number of fused-ring (bicyclic) bond motifs is 1. The van der Waals surface area contributed by atoms with Gasteiger partial charge in [-0.3, -0.25) is 19.3 Å². The quantitative estimate of drug-likeness (QED) is 0.399. The summed E-state index contributed by atoms with van der Waals surface area (Å²) in [5.41, 5.74) is -0.319. The van der Waals surface area contributed by atoms with E-state index in [1.54, 1.807) is 26.0 Å². The zero-order valence-corrected chi connectivity index (χ0v) is 17.2. The van der Waals surface area contributed by atoms with Gasteiger partial charge in [-0.25, -0.2) is 18.0 Å². The molecule has 2 aromatic carbocycles. The van der Waals surface area contributed by atoms with Gasteiger partial charge in [0.2, 0.25) is 0 Å². The number of halogens is 3. The first kappa shape index (κ1) is 23.0. The average molecular weight is 448 g/mol. The summed E-state index contributed by atoms with van der Waals surface area (Å²) in [5, 5.41) is 1.97. The highest BCUT2D eigenvalue weighted by molar-refractivity contribution is 6.22. The number of amides is 3. The van der Waals surface area contributed by atoms with Gasteiger partial charge >= 0.3 is 5.97 Å². The minimum atomic E-state index is -1.76. The summed E-state index contributed by atoms with van der Waals surface area (Å²) in [5.74, 6) is -8.23. The Morgan fingerprint density at radius 2 is 1.56 bits per heavy atom. The van der Waals surface area contributed by atoms with Gasteiger partial charge in [-0.2, -0.15) is 0 Å². The fraction of sp³-hybridized carbons (Fsp3) is 0.273. The summed E-state index contributed by atoms with van der Waals surface area (Å²) in [6, 6.07) is 6.27. The molecular weight excluding hydrogens is 429 g/mol. The van der Waals surface area contributed by atoms with Crippen LogP contribution >= 0.6 is 0 Å².